The molecule has 0 radical (unpaired) electrons. The Morgan fingerprint density at radius 2 is 2.25 bits per heavy atom. The van der Waals surface area contributed by atoms with E-state index in [0.717, 1.165) is 5.56 Å². The topological polar surface area (TPSA) is 64.4 Å². The lowest BCUT2D eigenvalue weighted by atomic mass is 10.2. The SMILES string of the molecule is CNCC(C)Oc1ccc(C)cc1[N+](=O)[O-]. The van der Waals surface area contributed by atoms with E-state index in [1.54, 1.807) is 12.1 Å². The van der Waals surface area contributed by atoms with Crippen LogP contribution in [0.15, 0.2) is 18.2 Å². The number of aryl methyl sites for hydroxylation is 1. The smallest absolute Gasteiger partial charge is 0.311 e. The molecule has 1 rings (SSSR count). The van der Waals surface area contributed by atoms with Crippen LogP contribution in [-0.4, -0.2) is 24.6 Å². The Kier molecular flexibility index (Phi) is 4.25. The molecule has 0 saturated carbocycles. The first-order valence-corrected chi connectivity index (χ1v) is 5.11. The van der Waals surface area contributed by atoms with Gasteiger partial charge in [0.1, 0.15) is 6.10 Å². The van der Waals surface area contributed by atoms with Crippen molar-refractivity contribution in [2.75, 3.05) is 13.6 Å². The summed E-state index contributed by atoms with van der Waals surface area (Å²) >= 11 is 0. The molecule has 5 heteroatoms. The van der Waals surface area contributed by atoms with Crippen LogP contribution >= 0.6 is 0 Å². The predicted octanol–water partition coefficient (Wildman–Crippen LogP) is 1.89. The fourth-order valence-corrected chi connectivity index (χ4v) is 1.42. The van der Waals surface area contributed by atoms with Gasteiger partial charge in [-0.15, -0.1) is 0 Å². The number of ether oxygens (including phenoxy) is 1. The highest BCUT2D eigenvalue weighted by molar-refractivity contribution is 5.48. The third-order valence-corrected chi connectivity index (χ3v) is 2.13. The van der Waals surface area contributed by atoms with Gasteiger partial charge in [-0.05, 0) is 32.5 Å². The van der Waals surface area contributed by atoms with Gasteiger partial charge >= 0.3 is 5.69 Å². The average Bonchev–Trinajstić information content (AvgIpc) is 2.20. The Labute approximate surface area is 94.6 Å². The summed E-state index contributed by atoms with van der Waals surface area (Å²) in [5.74, 6) is 0.318. The van der Waals surface area contributed by atoms with E-state index in [1.807, 2.05) is 20.9 Å². The molecule has 0 heterocycles. The molecule has 0 aliphatic heterocycles. The maximum Gasteiger partial charge on any atom is 0.311 e. The molecule has 16 heavy (non-hydrogen) atoms. The Morgan fingerprint density at radius 3 is 2.81 bits per heavy atom. The van der Waals surface area contributed by atoms with Crippen molar-refractivity contribution in [3.05, 3.63) is 33.9 Å². The van der Waals surface area contributed by atoms with Crippen molar-refractivity contribution < 1.29 is 9.66 Å². The minimum atomic E-state index is -0.422. The van der Waals surface area contributed by atoms with Crippen molar-refractivity contribution in [3.63, 3.8) is 0 Å². The molecule has 1 atom stereocenters. The molecule has 0 aliphatic carbocycles. The molecule has 0 aromatic heterocycles. The van der Waals surface area contributed by atoms with Crippen molar-refractivity contribution >= 4 is 5.69 Å². The number of nitrogens with zero attached hydrogens (tertiary/aromatic N) is 1. The number of nitro groups is 1. The molecule has 0 spiro atoms. The second-order valence-corrected chi connectivity index (χ2v) is 3.71. The number of hydrogen-bond acceptors (Lipinski definition) is 4. The first kappa shape index (κ1) is 12.4. The van der Waals surface area contributed by atoms with Crippen molar-refractivity contribution in [2.45, 2.75) is 20.0 Å². The van der Waals surface area contributed by atoms with Crippen molar-refractivity contribution in [1.82, 2.24) is 5.32 Å². The van der Waals surface area contributed by atoms with Gasteiger partial charge in [0, 0.05) is 12.6 Å². The summed E-state index contributed by atoms with van der Waals surface area (Å²) in [5.41, 5.74) is 0.864. The summed E-state index contributed by atoms with van der Waals surface area (Å²) in [7, 11) is 1.81. The summed E-state index contributed by atoms with van der Waals surface area (Å²) in [4.78, 5) is 10.4. The number of rotatable bonds is 5. The molecule has 1 aromatic carbocycles. The van der Waals surface area contributed by atoms with Crippen LogP contribution in [0.4, 0.5) is 5.69 Å². The van der Waals surface area contributed by atoms with Gasteiger partial charge in [0.15, 0.2) is 5.75 Å². The quantitative estimate of drug-likeness (QED) is 0.612. The van der Waals surface area contributed by atoms with Crippen LogP contribution < -0.4 is 10.1 Å². The van der Waals surface area contributed by atoms with Crippen LogP contribution in [0.1, 0.15) is 12.5 Å². The minimum Gasteiger partial charge on any atom is -0.482 e. The molecule has 1 aromatic rings. The summed E-state index contributed by atoms with van der Waals surface area (Å²) in [5, 5.41) is 13.8. The highest BCUT2D eigenvalue weighted by atomic mass is 16.6. The third kappa shape index (κ3) is 3.20. The van der Waals surface area contributed by atoms with Crippen molar-refractivity contribution in [1.29, 1.82) is 0 Å². The Morgan fingerprint density at radius 1 is 1.56 bits per heavy atom. The van der Waals surface area contributed by atoms with E-state index in [2.05, 4.69) is 5.32 Å². The van der Waals surface area contributed by atoms with Crippen molar-refractivity contribution in [2.24, 2.45) is 0 Å². The van der Waals surface area contributed by atoms with Crippen LogP contribution in [-0.2, 0) is 0 Å². The zero-order valence-corrected chi connectivity index (χ0v) is 9.69. The van der Waals surface area contributed by atoms with Gasteiger partial charge in [0.05, 0.1) is 4.92 Å². The van der Waals surface area contributed by atoms with E-state index < -0.39 is 4.92 Å². The zero-order valence-electron chi connectivity index (χ0n) is 9.69. The number of nitrogens with one attached hydrogen (secondary N) is 1. The molecule has 1 N–H and O–H groups in total. The molecule has 5 nitrogen and oxygen atoms in total. The van der Waals surface area contributed by atoms with E-state index in [9.17, 15) is 10.1 Å². The van der Waals surface area contributed by atoms with E-state index in [0.29, 0.717) is 12.3 Å². The highest BCUT2D eigenvalue weighted by Crippen LogP contribution is 2.28. The number of nitro benzene ring substituents is 1. The van der Waals surface area contributed by atoms with E-state index in [4.69, 9.17) is 4.74 Å². The fourth-order valence-electron chi connectivity index (χ4n) is 1.42. The maximum absolute atomic E-state index is 10.8. The Bertz CT molecular complexity index is 379. The van der Waals surface area contributed by atoms with Crippen molar-refractivity contribution in [3.8, 4) is 5.75 Å². The Balaban J connectivity index is 2.90. The standard InChI is InChI=1S/C11H16N2O3/c1-8-4-5-11(10(6-8)13(14)15)16-9(2)7-12-3/h4-6,9,12H,7H2,1-3H3. The van der Waals surface area contributed by atoms with Crippen LogP contribution in [0.25, 0.3) is 0 Å². The lowest BCUT2D eigenvalue weighted by Gasteiger charge is -2.14. The zero-order chi connectivity index (χ0) is 12.1. The van der Waals surface area contributed by atoms with E-state index in [1.165, 1.54) is 6.07 Å². The molecule has 88 valence electrons. The lowest BCUT2D eigenvalue weighted by molar-refractivity contribution is -0.386. The second kappa shape index (κ2) is 5.46. The third-order valence-electron chi connectivity index (χ3n) is 2.13. The van der Waals surface area contributed by atoms with Gasteiger partial charge in [-0.3, -0.25) is 10.1 Å². The normalized spacial score (nSPS) is 12.2. The molecular formula is C11H16N2O3. The van der Waals surface area contributed by atoms with Gasteiger partial charge in [0.25, 0.3) is 0 Å². The molecule has 1 unspecified atom stereocenters. The average molecular weight is 224 g/mol. The van der Waals surface area contributed by atoms with Crippen LogP contribution in [0.3, 0.4) is 0 Å². The second-order valence-electron chi connectivity index (χ2n) is 3.71. The summed E-state index contributed by atoms with van der Waals surface area (Å²) < 4.78 is 5.50. The number of hydrogen-bond donors (Lipinski definition) is 1. The van der Waals surface area contributed by atoms with Crippen LogP contribution in [0.5, 0.6) is 5.75 Å². The lowest BCUT2D eigenvalue weighted by Crippen LogP contribution is -2.26. The van der Waals surface area contributed by atoms with E-state index in [-0.39, 0.29) is 11.8 Å². The predicted molar refractivity (Wildman–Crippen MR) is 61.9 cm³/mol. The number of benzene rings is 1. The van der Waals surface area contributed by atoms with Gasteiger partial charge in [-0.25, -0.2) is 0 Å². The van der Waals surface area contributed by atoms with E-state index >= 15 is 0 Å². The first-order valence-electron chi connectivity index (χ1n) is 5.11. The van der Waals surface area contributed by atoms with Crippen LogP contribution in [0.2, 0.25) is 0 Å². The molecular weight excluding hydrogens is 208 g/mol. The Hall–Kier alpha value is -1.62. The maximum atomic E-state index is 10.8. The largest absolute Gasteiger partial charge is 0.482 e. The monoisotopic (exact) mass is 224 g/mol. The first-order chi connectivity index (χ1) is 7.54. The van der Waals surface area contributed by atoms with Gasteiger partial charge in [-0.1, -0.05) is 6.07 Å². The van der Waals surface area contributed by atoms with Crippen LogP contribution in [0, 0.1) is 17.0 Å². The summed E-state index contributed by atoms with van der Waals surface area (Å²) in [6, 6.07) is 4.95. The molecule has 0 aliphatic rings. The number of likely N-dealkylation sites (N-methyl/N-ethyl adjacent to an activating group) is 1. The van der Waals surface area contributed by atoms with Gasteiger partial charge < -0.3 is 10.1 Å². The van der Waals surface area contributed by atoms with Gasteiger partial charge in [0.2, 0.25) is 0 Å². The minimum absolute atomic E-state index is 0.0166. The molecule has 0 bridgehead atoms. The molecule has 0 saturated heterocycles. The summed E-state index contributed by atoms with van der Waals surface area (Å²) in [6.45, 7) is 4.32. The molecule has 0 fully saturated rings. The highest BCUT2D eigenvalue weighted by Gasteiger charge is 2.16. The molecule has 0 amide bonds. The summed E-state index contributed by atoms with van der Waals surface area (Å²) in [6.07, 6.45) is -0.105. The fraction of sp³-hybridized carbons (Fsp3) is 0.455. The van der Waals surface area contributed by atoms with Gasteiger partial charge in [-0.2, -0.15) is 0 Å².